The van der Waals surface area contributed by atoms with E-state index in [1.165, 1.54) is 11.3 Å². The van der Waals surface area contributed by atoms with Gasteiger partial charge in [0.2, 0.25) is 5.91 Å². The number of hydrogen-bond acceptors (Lipinski definition) is 7. The van der Waals surface area contributed by atoms with Crippen molar-refractivity contribution >= 4 is 28.3 Å². The number of anilines is 1. The lowest BCUT2D eigenvalue weighted by molar-refractivity contribution is -0.116. The molecule has 0 saturated heterocycles. The molecule has 2 amide bonds. The van der Waals surface area contributed by atoms with E-state index in [4.69, 9.17) is 9.47 Å². The van der Waals surface area contributed by atoms with Crippen molar-refractivity contribution in [3.05, 3.63) is 63.5 Å². The summed E-state index contributed by atoms with van der Waals surface area (Å²) in [6, 6.07) is 8.16. The summed E-state index contributed by atoms with van der Waals surface area (Å²) in [4.78, 5) is 32.2. The number of nitriles is 1. The maximum atomic E-state index is 12.9. The van der Waals surface area contributed by atoms with Gasteiger partial charge in [-0.25, -0.2) is 9.78 Å². The molecule has 3 aromatic rings. The molecule has 1 aromatic carbocycles. The summed E-state index contributed by atoms with van der Waals surface area (Å²) in [5.41, 5.74) is 3.43. The number of fused-ring (bicyclic) bond motifs is 1. The van der Waals surface area contributed by atoms with Crippen LogP contribution in [0.5, 0.6) is 5.75 Å². The highest BCUT2D eigenvalue weighted by Gasteiger charge is 2.29. The first-order valence-electron chi connectivity index (χ1n) is 11.7. The highest BCUT2D eigenvalue weighted by molar-refractivity contribution is 7.16. The van der Waals surface area contributed by atoms with E-state index in [0.29, 0.717) is 35.9 Å². The second-order valence-electron chi connectivity index (χ2n) is 8.90. The van der Waals surface area contributed by atoms with Crippen molar-refractivity contribution in [1.29, 1.82) is 5.26 Å². The van der Waals surface area contributed by atoms with Gasteiger partial charge in [-0.1, -0.05) is 24.6 Å². The maximum Gasteiger partial charge on any atom is 0.410 e. The maximum absolute atomic E-state index is 12.9. The van der Waals surface area contributed by atoms with Crippen LogP contribution >= 0.6 is 11.3 Å². The van der Waals surface area contributed by atoms with Gasteiger partial charge in [0.1, 0.15) is 22.6 Å². The number of methoxy groups -OCH3 is 1. The van der Waals surface area contributed by atoms with E-state index in [9.17, 15) is 14.9 Å². The molecule has 1 atom stereocenters. The lowest BCUT2D eigenvalue weighted by Gasteiger charge is -2.26. The fraction of sp³-hybridized carbons (Fsp3) is 0.385. The van der Waals surface area contributed by atoms with Gasteiger partial charge in [0.05, 0.1) is 19.2 Å². The van der Waals surface area contributed by atoms with E-state index in [-0.39, 0.29) is 24.9 Å². The Balaban J connectivity index is 1.41. The number of nitrogens with one attached hydrogen (secondary N) is 1. The summed E-state index contributed by atoms with van der Waals surface area (Å²) in [6.07, 6.45) is 3.79. The number of imidazole rings is 1. The Kier molecular flexibility index (Phi) is 7.60. The number of thiophene rings is 1. The molecule has 0 saturated carbocycles. The molecule has 10 heteroatoms. The minimum absolute atomic E-state index is 0.0658. The zero-order valence-corrected chi connectivity index (χ0v) is 21.6. The molecule has 0 aliphatic carbocycles. The quantitative estimate of drug-likeness (QED) is 0.504. The average molecular weight is 508 g/mol. The summed E-state index contributed by atoms with van der Waals surface area (Å²) < 4.78 is 12.7. The summed E-state index contributed by atoms with van der Waals surface area (Å²) in [5.74, 6) is 1.17. The molecule has 1 aliphatic heterocycles. The number of carbonyl (C=O) groups is 2. The van der Waals surface area contributed by atoms with Crippen LogP contribution in [0.2, 0.25) is 0 Å². The van der Waals surface area contributed by atoms with Gasteiger partial charge in [0, 0.05) is 37.3 Å². The molecule has 0 radical (unpaired) electrons. The van der Waals surface area contributed by atoms with Crippen molar-refractivity contribution in [3.8, 4) is 11.8 Å². The van der Waals surface area contributed by atoms with Crippen molar-refractivity contribution in [3.63, 3.8) is 0 Å². The molecular formula is C26H29N5O4S. The predicted octanol–water partition coefficient (Wildman–Crippen LogP) is 4.50. The Bertz CT molecular complexity index is 1320. The van der Waals surface area contributed by atoms with Crippen molar-refractivity contribution < 1.29 is 19.1 Å². The highest BCUT2D eigenvalue weighted by Crippen LogP contribution is 2.37. The van der Waals surface area contributed by atoms with Gasteiger partial charge < -0.3 is 24.3 Å². The first-order chi connectivity index (χ1) is 17.3. The van der Waals surface area contributed by atoms with Crippen LogP contribution in [0.1, 0.15) is 52.2 Å². The molecule has 36 heavy (non-hydrogen) atoms. The number of ether oxygens (including phenoxy) is 2. The third kappa shape index (κ3) is 5.36. The fourth-order valence-corrected chi connectivity index (χ4v) is 5.55. The van der Waals surface area contributed by atoms with Crippen molar-refractivity contribution in [2.24, 2.45) is 7.05 Å². The Morgan fingerprint density at radius 2 is 2.17 bits per heavy atom. The molecule has 0 bridgehead atoms. The van der Waals surface area contributed by atoms with Gasteiger partial charge >= 0.3 is 6.09 Å². The smallest absolute Gasteiger partial charge is 0.410 e. The monoisotopic (exact) mass is 507 g/mol. The average Bonchev–Trinajstić information content (AvgIpc) is 3.43. The van der Waals surface area contributed by atoms with Crippen LogP contribution in [0.25, 0.3) is 0 Å². The number of aryl methyl sites for hydroxylation is 2. The number of amides is 2. The van der Waals surface area contributed by atoms with Crippen LogP contribution in [-0.4, -0.2) is 40.1 Å². The van der Waals surface area contributed by atoms with Crippen molar-refractivity contribution in [1.82, 2.24) is 14.5 Å². The van der Waals surface area contributed by atoms with E-state index in [1.54, 1.807) is 29.0 Å². The Morgan fingerprint density at radius 3 is 2.86 bits per heavy atom. The SMILES string of the molecule is COc1ccc(C)cc1[C@@H](C)CC(=O)Nc1sc2c(c1C#N)CCN(C(=O)OCc1nccn1C)C2. The van der Waals surface area contributed by atoms with Gasteiger partial charge in [-0.2, -0.15) is 5.26 Å². The third-order valence-electron chi connectivity index (χ3n) is 6.33. The number of aromatic nitrogens is 2. The largest absolute Gasteiger partial charge is 0.496 e. The standard InChI is InChI=1S/C26H29N5O4S/c1-16-5-6-21(34-4)19(11-16)17(2)12-24(32)29-25-20(13-27)18-7-9-31(14-22(18)36-25)26(33)35-15-23-28-8-10-30(23)3/h5-6,8,10-11,17H,7,9,12,14-15H2,1-4H3,(H,29,32)/t17-/m0/s1. The first kappa shape index (κ1) is 25.3. The Morgan fingerprint density at radius 1 is 1.36 bits per heavy atom. The van der Waals surface area contributed by atoms with E-state index in [2.05, 4.69) is 16.4 Å². The number of carbonyl (C=O) groups excluding carboxylic acids is 2. The van der Waals surface area contributed by atoms with Gasteiger partial charge in [0.25, 0.3) is 0 Å². The number of rotatable bonds is 7. The Hall–Kier alpha value is -3.84. The molecule has 0 unspecified atom stereocenters. The highest BCUT2D eigenvalue weighted by atomic mass is 32.1. The second kappa shape index (κ2) is 10.8. The molecule has 188 valence electrons. The van der Waals surface area contributed by atoms with Crippen molar-refractivity contribution in [2.45, 2.75) is 45.8 Å². The Labute approximate surface area is 214 Å². The van der Waals surface area contributed by atoms with Crippen LogP contribution in [0.3, 0.4) is 0 Å². The topological polar surface area (TPSA) is 109 Å². The van der Waals surface area contributed by atoms with Gasteiger partial charge in [-0.3, -0.25) is 4.79 Å². The van der Waals surface area contributed by atoms with Crippen LogP contribution < -0.4 is 10.1 Å². The molecule has 1 N–H and O–H groups in total. The molecule has 9 nitrogen and oxygen atoms in total. The fourth-order valence-electron chi connectivity index (χ4n) is 4.32. The number of nitrogens with zero attached hydrogens (tertiary/aromatic N) is 4. The molecule has 0 fully saturated rings. The number of hydrogen-bond donors (Lipinski definition) is 1. The molecule has 1 aliphatic rings. The van der Waals surface area contributed by atoms with Crippen molar-refractivity contribution in [2.75, 3.05) is 19.0 Å². The van der Waals surface area contributed by atoms with Crippen LogP contribution in [0.4, 0.5) is 9.80 Å². The normalized spacial score (nSPS) is 13.5. The zero-order chi connectivity index (χ0) is 25.8. The van der Waals surface area contributed by atoms with E-state index in [0.717, 1.165) is 27.3 Å². The molecule has 2 aromatic heterocycles. The van der Waals surface area contributed by atoms with E-state index in [1.807, 2.05) is 39.1 Å². The van der Waals surface area contributed by atoms with Crippen LogP contribution in [0.15, 0.2) is 30.6 Å². The van der Waals surface area contributed by atoms with E-state index < -0.39 is 6.09 Å². The minimum atomic E-state index is -0.429. The lowest BCUT2D eigenvalue weighted by Crippen LogP contribution is -2.36. The zero-order valence-electron chi connectivity index (χ0n) is 20.8. The van der Waals surface area contributed by atoms with Crippen LogP contribution in [-0.2, 0) is 36.2 Å². The summed E-state index contributed by atoms with van der Waals surface area (Å²) in [5, 5.41) is 13.3. The molecular weight excluding hydrogens is 478 g/mol. The molecule has 3 heterocycles. The van der Waals surface area contributed by atoms with Gasteiger partial charge in [-0.15, -0.1) is 11.3 Å². The molecule has 0 spiro atoms. The van der Waals surface area contributed by atoms with Crippen LogP contribution in [0, 0.1) is 18.3 Å². The summed E-state index contributed by atoms with van der Waals surface area (Å²) >= 11 is 1.34. The predicted molar refractivity (Wildman–Crippen MR) is 136 cm³/mol. The third-order valence-corrected chi connectivity index (χ3v) is 7.47. The second-order valence-corrected chi connectivity index (χ2v) is 10.0. The van der Waals surface area contributed by atoms with Gasteiger partial charge in [0.15, 0.2) is 6.61 Å². The summed E-state index contributed by atoms with van der Waals surface area (Å²) in [6.45, 7) is 4.85. The molecule has 4 rings (SSSR count). The minimum Gasteiger partial charge on any atom is -0.496 e. The van der Waals surface area contributed by atoms with Gasteiger partial charge in [-0.05, 0) is 36.5 Å². The lowest BCUT2D eigenvalue weighted by atomic mass is 9.95. The number of benzene rings is 1. The van der Waals surface area contributed by atoms with E-state index >= 15 is 0 Å². The first-order valence-corrected chi connectivity index (χ1v) is 12.5. The summed E-state index contributed by atoms with van der Waals surface area (Å²) in [7, 11) is 3.46.